The smallest absolute Gasteiger partial charge is 0.330 e. The summed E-state index contributed by atoms with van der Waals surface area (Å²) >= 11 is 0. The quantitative estimate of drug-likeness (QED) is 0.491. The van der Waals surface area contributed by atoms with Crippen molar-refractivity contribution in [3.63, 3.8) is 0 Å². The van der Waals surface area contributed by atoms with Gasteiger partial charge in [-0.1, -0.05) is 0 Å². The van der Waals surface area contributed by atoms with E-state index in [2.05, 4.69) is 4.99 Å². The van der Waals surface area contributed by atoms with Gasteiger partial charge in [0.15, 0.2) is 0 Å². The number of rotatable bonds is 3. The van der Waals surface area contributed by atoms with Gasteiger partial charge in [-0.05, 0) is 32.3 Å². The number of allylic oxidation sites excluding steroid dienone is 1. The molecule has 0 unspecified atom stereocenters. The van der Waals surface area contributed by atoms with Crippen LogP contribution >= 0.6 is 0 Å². The Labute approximate surface area is 78.5 Å². The molecule has 3 nitrogen and oxygen atoms in total. The molecule has 0 aromatic heterocycles. The summed E-state index contributed by atoms with van der Waals surface area (Å²) in [4.78, 5) is 15.2. The van der Waals surface area contributed by atoms with Crippen molar-refractivity contribution in [2.75, 3.05) is 13.2 Å². The Morgan fingerprint density at radius 2 is 2.46 bits per heavy atom. The predicted octanol–water partition coefficient (Wildman–Crippen LogP) is 1.73. The van der Waals surface area contributed by atoms with E-state index < -0.39 is 0 Å². The van der Waals surface area contributed by atoms with Crippen LogP contribution in [-0.4, -0.2) is 24.8 Å². The second kappa shape index (κ2) is 5.51. The SMILES string of the molecule is CCOC(=O)/C=C/C1=NCCCC1. The lowest BCUT2D eigenvalue weighted by Crippen LogP contribution is -2.05. The molecule has 0 saturated carbocycles. The number of nitrogens with zero attached hydrogens (tertiary/aromatic N) is 1. The van der Waals surface area contributed by atoms with Gasteiger partial charge in [-0.3, -0.25) is 4.99 Å². The third-order valence-electron chi connectivity index (χ3n) is 1.85. The van der Waals surface area contributed by atoms with Gasteiger partial charge in [-0.25, -0.2) is 4.79 Å². The predicted molar refractivity (Wildman–Crippen MR) is 51.9 cm³/mol. The zero-order valence-corrected chi connectivity index (χ0v) is 7.95. The Hall–Kier alpha value is -1.12. The fraction of sp³-hybridized carbons (Fsp3) is 0.600. The van der Waals surface area contributed by atoms with Gasteiger partial charge in [0, 0.05) is 18.3 Å². The van der Waals surface area contributed by atoms with Crippen LogP contribution in [0.15, 0.2) is 17.1 Å². The second-order valence-electron chi connectivity index (χ2n) is 2.92. The molecule has 1 rings (SSSR count). The van der Waals surface area contributed by atoms with E-state index in [1.54, 1.807) is 13.0 Å². The van der Waals surface area contributed by atoms with Crippen molar-refractivity contribution >= 4 is 11.7 Å². The van der Waals surface area contributed by atoms with Gasteiger partial charge in [0.25, 0.3) is 0 Å². The topological polar surface area (TPSA) is 38.7 Å². The third kappa shape index (κ3) is 3.87. The minimum Gasteiger partial charge on any atom is -0.463 e. The second-order valence-corrected chi connectivity index (χ2v) is 2.92. The highest BCUT2D eigenvalue weighted by molar-refractivity contribution is 5.99. The highest BCUT2D eigenvalue weighted by atomic mass is 16.5. The summed E-state index contributed by atoms with van der Waals surface area (Å²) in [7, 11) is 0. The van der Waals surface area contributed by atoms with Crippen LogP contribution in [0.3, 0.4) is 0 Å². The molecule has 0 aliphatic carbocycles. The molecule has 0 atom stereocenters. The zero-order chi connectivity index (χ0) is 9.52. The standard InChI is InChI=1S/C10H15NO2/c1-2-13-10(12)7-6-9-5-3-4-8-11-9/h6-7H,2-5,8H2,1H3/b7-6+. The third-order valence-corrected chi connectivity index (χ3v) is 1.85. The number of hydrogen-bond acceptors (Lipinski definition) is 3. The molecule has 0 spiro atoms. The van der Waals surface area contributed by atoms with E-state index in [4.69, 9.17) is 4.74 Å². The molecule has 0 aromatic rings. The Morgan fingerprint density at radius 3 is 3.08 bits per heavy atom. The Morgan fingerprint density at radius 1 is 1.62 bits per heavy atom. The summed E-state index contributed by atoms with van der Waals surface area (Å²) in [6, 6.07) is 0. The van der Waals surface area contributed by atoms with Gasteiger partial charge in [-0.2, -0.15) is 0 Å². The maximum Gasteiger partial charge on any atom is 0.330 e. The zero-order valence-electron chi connectivity index (χ0n) is 7.95. The lowest BCUT2D eigenvalue weighted by Gasteiger charge is -2.06. The van der Waals surface area contributed by atoms with E-state index in [9.17, 15) is 4.79 Å². The summed E-state index contributed by atoms with van der Waals surface area (Å²) in [5, 5.41) is 0. The fourth-order valence-corrected chi connectivity index (χ4v) is 1.21. The van der Waals surface area contributed by atoms with E-state index in [1.165, 1.54) is 12.5 Å². The lowest BCUT2D eigenvalue weighted by molar-refractivity contribution is -0.137. The molecular formula is C10H15NO2. The van der Waals surface area contributed by atoms with Crippen LogP contribution < -0.4 is 0 Å². The average molecular weight is 181 g/mol. The minimum atomic E-state index is -0.282. The van der Waals surface area contributed by atoms with Crippen molar-refractivity contribution in [3.8, 4) is 0 Å². The fourth-order valence-electron chi connectivity index (χ4n) is 1.21. The molecule has 1 aliphatic rings. The molecule has 13 heavy (non-hydrogen) atoms. The normalized spacial score (nSPS) is 17.2. The summed E-state index contributed by atoms with van der Waals surface area (Å²) in [6.45, 7) is 3.11. The summed E-state index contributed by atoms with van der Waals surface area (Å²) in [6.07, 6.45) is 6.53. The van der Waals surface area contributed by atoms with Crippen LogP contribution in [-0.2, 0) is 9.53 Å². The average Bonchev–Trinajstić information content (AvgIpc) is 2.17. The van der Waals surface area contributed by atoms with E-state index >= 15 is 0 Å². The molecule has 0 saturated heterocycles. The van der Waals surface area contributed by atoms with Crippen LogP contribution in [0.4, 0.5) is 0 Å². The highest BCUT2D eigenvalue weighted by Gasteiger charge is 2.02. The van der Waals surface area contributed by atoms with Crippen molar-refractivity contribution < 1.29 is 9.53 Å². The van der Waals surface area contributed by atoms with E-state index in [1.807, 2.05) is 0 Å². The number of hydrogen-bond donors (Lipinski definition) is 0. The minimum absolute atomic E-state index is 0.282. The maximum atomic E-state index is 10.9. The van der Waals surface area contributed by atoms with Crippen molar-refractivity contribution in [1.29, 1.82) is 0 Å². The van der Waals surface area contributed by atoms with Gasteiger partial charge in [-0.15, -0.1) is 0 Å². The summed E-state index contributed by atoms with van der Waals surface area (Å²) in [5.41, 5.74) is 1.01. The van der Waals surface area contributed by atoms with Crippen LogP contribution in [0.1, 0.15) is 26.2 Å². The van der Waals surface area contributed by atoms with Gasteiger partial charge >= 0.3 is 5.97 Å². The molecular weight excluding hydrogens is 166 g/mol. The molecule has 1 aliphatic heterocycles. The van der Waals surface area contributed by atoms with Crippen molar-refractivity contribution in [2.45, 2.75) is 26.2 Å². The largest absolute Gasteiger partial charge is 0.463 e. The van der Waals surface area contributed by atoms with Crippen molar-refractivity contribution in [1.82, 2.24) is 0 Å². The summed E-state index contributed by atoms with van der Waals surface area (Å²) in [5.74, 6) is -0.282. The van der Waals surface area contributed by atoms with Crippen LogP contribution in [0.5, 0.6) is 0 Å². The molecule has 0 bridgehead atoms. The van der Waals surface area contributed by atoms with Gasteiger partial charge in [0.1, 0.15) is 0 Å². The molecule has 1 heterocycles. The van der Waals surface area contributed by atoms with Crippen molar-refractivity contribution in [3.05, 3.63) is 12.2 Å². The molecule has 72 valence electrons. The molecule has 0 N–H and O–H groups in total. The summed E-state index contributed by atoms with van der Waals surface area (Å²) < 4.78 is 4.75. The number of carbonyl (C=O) groups excluding carboxylic acids is 1. The Kier molecular flexibility index (Phi) is 4.23. The molecule has 0 fully saturated rings. The van der Waals surface area contributed by atoms with E-state index in [0.29, 0.717) is 6.61 Å². The number of ether oxygens (including phenoxy) is 1. The lowest BCUT2D eigenvalue weighted by atomic mass is 10.1. The number of aliphatic imine (C=N–C) groups is 1. The number of carbonyl (C=O) groups is 1. The first-order valence-electron chi connectivity index (χ1n) is 4.71. The molecule has 0 amide bonds. The monoisotopic (exact) mass is 181 g/mol. The first-order valence-corrected chi connectivity index (χ1v) is 4.71. The Balaban J connectivity index is 2.37. The van der Waals surface area contributed by atoms with Gasteiger partial charge in [0.2, 0.25) is 0 Å². The van der Waals surface area contributed by atoms with Crippen LogP contribution in [0.25, 0.3) is 0 Å². The molecule has 0 aromatic carbocycles. The van der Waals surface area contributed by atoms with E-state index in [0.717, 1.165) is 25.1 Å². The highest BCUT2D eigenvalue weighted by Crippen LogP contribution is 2.06. The number of esters is 1. The van der Waals surface area contributed by atoms with Crippen LogP contribution in [0, 0.1) is 0 Å². The molecule has 3 heteroatoms. The van der Waals surface area contributed by atoms with Crippen LogP contribution in [0.2, 0.25) is 0 Å². The maximum absolute atomic E-state index is 10.9. The Bertz CT molecular complexity index is 231. The first-order chi connectivity index (χ1) is 6.33. The van der Waals surface area contributed by atoms with Gasteiger partial charge < -0.3 is 4.74 Å². The van der Waals surface area contributed by atoms with Gasteiger partial charge in [0.05, 0.1) is 6.61 Å². The first kappa shape index (κ1) is 9.96. The van der Waals surface area contributed by atoms with Crippen molar-refractivity contribution in [2.24, 2.45) is 4.99 Å². The van der Waals surface area contributed by atoms with E-state index in [-0.39, 0.29) is 5.97 Å². The molecule has 0 radical (unpaired) electrons.